The molecule has 9 nitrogen and oxygen atoms in total. The quantitative estimate of drug-likeness (QED) is 0.0195. The number of nitrogens with zero attached hydrogens (tertiary/aromatic N) is 1. The number of phosphoric acid groups is 1. The highest BCUT2D eigenvalue weighted by Crippen LogP contribution is 2.38. The number of carbonyl (C=O) groups excluding carboxylic acids is 2. The smallest absolute Gasteiger partial charge is 0.306 e. The van der Waals surface area contributed by atoms with E-state index in [0.717, 1.165) is 122 Å². The largest absolute Gasteiger partial charge is 0.756 e. The molecule has 0 spiro atoms. The van der Waals surface area contributed by atoms with Crippen LogP contribution in [0.5, 0.6) is 0 Å². The van der Waals surface area contributed by atoms with Crippen molar-refractivity contribution in [3.8, 4) is 0 Å². The van der Waals surface area contributed by atoms with Gasteiger partial charge in [-0.15, -0.1) is 0 Å². The fourth-order valence-electron chi connectivity index (χ4n) is 6.57. The predicted octanol–water partition coefficient (Wildman–Crippen LogP) is 15.9. The zero-order valence-electron chi connectivity index (χ0n) is 44.7. The van der Waals surface area contributed by atoms with Crippen molar-refractivity contribution >= 4 is 19.8 Å². The lowest BCUT2D eigenvalue weighted by molar-refractivity contribution is -0.870. The predicted molar refractivity (Wildman–Crippen MR) is 295 cm³/mol. The molecule has 0 aromatic heterocycles. The normalized spacial score (nSPS) is 14.4. The number of likely N-dealkylation sites (N-methyl/N-ethyl adjacent to an activating group) is 1. The van der Waals surface area contributed by atoms with E-state index in [0.29, 0.717) is 23.9 Å². The first-order chi connectivity index (χ1) is 34.0. The van der Waals surface area contributed by atoms with Crippen LogP contribution < -0.4 is 4.89 Å². The van der Waals surface area contributed by atoms with Crippen molar-refractivity contribution in [2.24, 2.45) is 0 Å². The molecule has 0 bridgehead atoms. The summed E-state index contributed by atoms with van der Waals surface area (Å²) in [5, 5.41) is 0. The van der Waals surface area contributed by atoms with Crippen LogP contribution in [0.25, 0.3) is 0 Å². The topological polar surface area (TPSA) is 111 Å². The molecule has 0 aliphatic rings. The molecule has 0 saturated heterocycles. The Morgan fingerprint density at radius 2 is 0.771 bits per heavy atom. The molecular formula is C60H98NO8P. The maximum absolute atomic E-state index is 12.8. The van der Waals surface area contributed by atoms with Crippen LogP contribution in [-0.2, 0) is 32.7 Å². The number of hydrogen-bond acceptors (Lipinski definition) is 8. The van der Waals surface area contributed by atoms with Crippen molar-refractivity contribution in [2.45, 2.75) is 187 Å². The van der Waals surface area contributed by atoms with Crippen LogP contribution >= 0.6 is 7.82 Å². The number of quaternary nitrogens is 1. The summed E-state index contributed by atoms with van der Waals surface area (Å²) in [5.41, 5.74) is 0. The average Bonchev–Trinajstić information content (AvgIpc) is 3.32. The number of hydrogen-bond donors (Lipinski definition) is 0. The minimum absolute atomic E-state index is 0.0467. The van der Waals surface area contributed by atoms with Crippen molar-refractivity contribution < 1.29 is 42.1 Å². The molecule has 2 atom stereocenters. The second kappa shape index (κ2) is 50.1. The standard InChI is InChI=1S/C60H98NO8P/c1-6-8-10-12-14-16-18-20-22-24-26-28-30-32-34-36-38-40-42-44-46-48-50-52-59(62)66-56-58(57-68-70(64,65)67-55-54-61(3,4)5)69-60(63)53-51-49-47-45-43-41-39-37-35-33-31-29-27-25-23-21-19-17-15-13-11-9-7-2/h8-11,14-17,20-23,26-29,32-35,39,41,58H,6-7,12-13,18-19,24-25,30-31,36-38,40,42-57H2,1-5H3/b10-8-,11-9-,16-14-,17-15-,22-20-,23-21-,28-26-,29-27-,34-32-,35-33-,41-39-. The average molecular weight is 992 g/mol. The van der Waals surface area contributed by atoms with E-state index in [4.69, 9.17) is 18.5 Å². The first-order valence-electron chi connectivity index (χ1n) is 26.9. The highest BCUT2D eigenvalue weighted by atomic mass is 31.2. The Hall–Kier alpha value is -3.85. The molecule has 0 aromatic carbocycles. The minimum atomic E-state index is -4.66. The van der Waals surface area contributed by atoms with Gasteiger partial charge in [0.1, 0.15) is 19.8 Å². The van der Waals surface area contributed by atoms with Crippen molar-refractivity contribution in [3.05, 3.63) is 134 Å². The van der Waals surface area contributed by atoms with E-state index >= 15 is 0 Å². The van der Waals surface area contributed by atoms with Gasteiger partial charge >= 0.3 is 11.9 Å². The van der Waals surface area contributed by atoms with Gasteiger partial charge in [-0.3, -0.25) is 14.2 Å². The molecule has 10 heteroatoms. The van der Waals surface area contributed by atoms with Gasteiger partial charge in [0.05, 0.1) is 27.7 Å². The molecule has 0 saturated carbocycles. The highest BCUT2D eigenvalue weighted by molar-refractivity contribution is 7.45. The fourth-order valence-corrected chi connectivity index (χ4v) is 7.29. The molecule has 0 radical (unpaired) electrons. The van der Waals surface area contributed by atoms with Crippen LogP contribution in [0.15, 0.2) is 134 Å². The fraction of sp³-hybridized carbons (Fsp3) is 0.600. The molecule has 0 aliphatic heterocycles. The third kappa shape index (κ3) is 53.5. The van der Waals surface area contributed by atoms with E-state index < -0.39 is 32.5 Å². The molecule has 70 heavy (non-hydrogen) atoms. The van der Waals surface area contributed by atoms with E-state index in [9.17, 15) is 19.0 Å². The lowest BCUT2D eigenvalue weighted by Gasteiger charge is -2.28. The molecule has 0 aromatic rings. The number of carbonyl (C=O) groups is 2. The van der Waals surface area contributed by atoms with E-state index in [1.54, 1.807) is 0 Å². The molecule has 0 rings (SSSR count). The van der Waals surface area contributed by atoms with Crippen molar-refractivity contribution in [1.29, 1.82) is 0 Å². The summed E-state index contributed by atoms with van der Waals surface area (Å²) in [6, 6.07) is 0. The summed E-state index contributed by atoms with van der Waals surface area (Å²) < 4.78 is 34.1. The number of phosphoric ester groups is 1. The van der Waals surface area contributed by atoms with Crippen LogP contribution in [0.2, 0.25) is 0 Å². The second-order valence-corrected chi connectivity index (χ2v) is 19.9. The van der Waals surface area contributed by atoms with E-state index in [1.165, 1.54) is 19.3 Å². The zero-order valence-corrected chi connectivity index (χ0v) is 45.5. The van der Waals surface area contributed by atoms with Gasteiger partial charge in [-0.2, -0.15) is 0 Å². The van der Waals surface area contributed by atoms with Crippen LogP contribution in [0.4, 0.5) is 0 Å². The lowest BCUT2D eigenvalue weighted by Crippen LogP contribution is -2.37. The molecule has 2 unspecified atom stereocenters. The third-order valence-electron chi connectivity index (χ3n) is 10.7. The SMILES string of the molecule is CC/C=C\C/C=C\C/C=C\C/C=C\C/C=C\C/C=C\CCCCCCC(=O)OC(COC(=O)CCCCCCCCC/C=C\C/C=C\C/C=C\C/C=C\C/C=C\CC)COP(=O)([O-])OCC[N+](C)(C)C. The second-order valence-electron chi connectivity index (χ2n) is 18.5. The number of esters is 2. The van der Waals surface area contributed by atoms with E-state index in [-0.39, 0.29) is 26.1 Å². The molecule has 396 valence electrons. The Morgan fingerprint density at radius 3 is 1.14 bits per heavy atom. The van der Waals surface area contributed by atoms with Crippen LogP contribution in [0.3, 0.4) is 0 Å². The van der Waals surface area contributed by atoms with Crippen LogP contribution in [-0.4, -0.2) is 70.0 Å². The summed E-state index contributed by atoms with van der Waals surface area (Å²) >= 11 is 0. The lowest BCUT2D eigenvalue weighted by atomic mass is 10.1. The third-order valence-corrected chi connectivity index (χ3v) is 11.6. The number of ether oxygens (including phenoxy) is 2. The molecule has 0 amide bonds. The van der Waals surface area contributed by atoms with Gasteiger partial charge in [0.15, 0.2) is 6.10 Å². The summed E-state index contributed by atoms with van der Waals surface area (Å²) in [6.45, 7) is 3.94. The number of rotatable bonds is 47. The van der Waals surface area contributed by atoms with Gasteiger partial charge in [0.25, 0.3) is 7.82 Å². The van der Waals surface area contributed by atoms with Gasteiger partial charge in [0.2, 0.25) is 0 Å². The summed E-state index contributed by atoms with van der Waals surface area (Å²) in [6.07, 6.45) is 71.9. The highest BCUT2D eigenvalue weighted by Gasteiger charge is 2.21. The van der Waals surface area contributed by atoms with Gasteiger partial charge in [0, 0.05) is 12.8 Å². The maximum atomic E-state index is 12.8. The summed E-state index contributed by atoms with van der Waals surface area (Å²) in [4.78, 5) is 37.8. The Balaban J connectivity index is 4.35. The Morgan fingerprint density at radius 1 is 0.443 bits per heavy atom. The van der Waals surface area contributed by atoms with E-state index in [2.05, 4.69) is 148 Å². The molecule has 0 N–H and O–H groups in total. The first-order valence-corrected chi connectivity index (χ1v) is 28.4. The van der Waals surface area contributed by atoms with Crippen molar-refractivity contribution in [1.82, 2.24) is 0 Å². The maximum Gasteiger partial charge on any atom is 0.306 e. The van der Waals surface area contributed by atoms with E-state index in [1.807, 2.05) is 21.1 Å². The minimum Gasteiger partial charge on any atom is -0.756 e. The first kappa shape index (κ1) is 66.2. The van der Waals surface area contributed by atoms with Crippen molar-refractivity contribution in [3.63, 3.8) is 0 Å². The van der Waals surface area contributed by atoms with Gasteiger partial charge in [-0.05, 0) is 109 Å². The Kier molecular flexibility index (Phi) is 47.3. The van der Waals surface area contributed by atoms with Crippen molar-refractivity contribution in [2.75, 3.05) is 47.5 Å². The van der Waals surface area contributed by atoms with Gasteiger partial charge < -0.3 is 27.9 Å². The summed E-state index contributed by atoms with van der Waals surface area (Å²) in [5.74, 6) is -0.888. The van der Waals surface area contributed by atoms with Crippen LogP contribution in [0, 0.1) is 0 Å². The molecule has 0 heterocycles. The van der Waals surface area contributed by atoms with Gasteiger partial charge in [-0.25, -0.2) is 0 Å². The zero-order chi connectivity index (χ0) is 51.3. The molecule has 0 fully saturated rings. The number of allylic oxidation sites excluding steroid dienone is 22. The summed E-state index contributed by atoms with van der Waals surface area (Å²) in [7, 11) is 1.12. The monoisotopic (exact) mass is 992 g/mol. The van der Waals surface area contributed by atoms with Gasteiger partial charge in [-0.1, -0.05) is 192 Å². The van der Waals surface area contributed by atoms with Crippen LogP contribution in [0.1, 0.15) is 181 Å². The molecule has 0 aliphatic carbocycles. The Labute approximate surface area is 428 Å². The Bertz CT molecular complexity index is 1640. The molecular weight excluding hydrogens is 894 g/mol. The number of unbranched alkanes of at least 4 members (excludes halogenated alkanes) is 11.